The van der Waals surface area contributed by atoms with Gasteiger partial charge in [-0.1, -0.05) is 12.1 Å². The molecule has 2 heterocycles. The Morgan fingerprint density at radius 2 is 2.08 bits per heavy atom. The highest BCUT2D eigenvalue weighted by Gasteiger charge is 2.31. The molecule has 1 amide bonds. The first-order chi connectivity index (χ1) is 11.8. The number of benzene rings is 1. The topological polar surface area (TPSA) is 98.1 Å². The molecule has 1 aliphatic rings. The predicted octanol–water partition coefficient (Wildman–Crippen LogP) is 2.01. The van der Waals surface area contributed by atoms with Crippen LogP contribution in [0.2, 0.25) is 0 Å². The van der Waals surface area contributed by atoms with E-state index in [-0.39, 0.29) is 29.2 Å². The van der Waals surface area contributed by atoms with Gasteiger partial charge in [-0.2, -0.15) is 5.10 Å². The summed E-state index contributed by atoms with van der Waals surface area (Å²) in [5, 5.41) is 6.96. The Balaban J connectivity index is 1.80. The van der Waals surface area contributed by atoms with E-state index in [1.54, 1.807) is 35.9 Å². The average Bonchev–Trinajstić information content (AvgIpc) is 3.09. The number of sulfone groups is 1. The first-order valence-corrected chi connectivity index (χ1v) is 9.76. The van der Waals surface area contributed by atoms with Crippen molar-refractivity contribution in [1.82, 2.24) is 9.78 Å². The molecule has 1 saturated heterocycles. The van der Waals surface area contributed by atoms with E-state index in [4.69, 9.17) is 0 Å². The summed E-state index contributed by atoms with van der Waals surface area (Å²) in [7, 11) is -3.03. The van der Waals surface area contributed by atoms with Crippen LogP contribution in [0.1, 0.15) is 45.8 Å². The van der Waals surface area contributed by atoms with E-state index in [0.717, 1.165) is 0 Å². The minimum Gasteiger partial charge on any atom is -0.322 e. The lowest BCUT2D eigenvalue weighted by Gasteiger charge is -2.11. The van der Waals surface area contributed by atoms with Crippen LogP contribution in [0.5, 0.6) is 0 Å². The van der Waals surface area contributed by atoms with Crippen LogP contribution in [0.15, 0.2) is 30.5 Å². The van der Waals surface area contributed by atoms with Crippen molar-refractivity contribution < 1.29 is 18.0 Å². The predicted molar refractivity (Wildman–Crippen MR) is 93.7 cm³/mol. The van der Waals surface area contributed by atoms with Crippen LogP contribution in [-0.2, 0) is 9.84 Å². The van der Waals surface area contributed by atoms with Crippen molar-refractivity contribution >= 4 is 27.2 Å². The summed E-state index contributed by atoms with van der Waals surface area (Å²) in [6, 6.07) is 6.47. The molecule has 0 spiro atoms. The molecule has 0 radical (unpaired) electrons. The molecule has 1 N–H and O–H groups in total. The zero-order valence-electron chi connectivity index (χ0n) is 14.0. The Hall–Kier alpha value is -2.48. The summed E-state index contributed by atoms with van der Waals surface area (Å²) in [6.07, 6.45) is 1.96. The normalized spacial score (nSPS) is 18.9. The number of hydrogen-bond donors (Lipinski definition) is 1. The summed E-state index contributed by atoms with van der Waals surface area (Å²) in [5.41, 5.74) is 2.05. The molecule has 132 valence electrons. The van der Waals surface area contributed by atoms with E-state index in [2.05, 4.69) is 10.4 Å². The molecule has 1 atom stereocenters. The second kappa shape index (κ2) is 6.44. The van der Waals surface area contributed by atoms with Gasteiger partial charge in [-0.3, -0.25) is 14.3 Å². The highest BCUT2D eigenvalue weighted by atomic mass is 32.2. The third kappa shape index (κ3) is 3.63. The Bertz CT molecular complexity index is 947. The zero-order valence-corrected chi connectivity index (χ0v) is 14.8. The molecule has 25 heavy (non-hydrogen) atoms. The number of amides is 1. The van der Waals surface area contributed by atoms with Gasteiger partial charge in [0.1, 0.15) is 0 Å². The van der Waals surface area contributed by atoms with Crippen molar-refractivity contribution in [3.63, 3.8) is 0 Å². The maximum atomic E-state index is 12.5. The van der Waals surface area contributed by atoms with Gasteiger partial charge >= 0.3 is 0 Å². The maximum Gasteiger partial charge on any atom is 0.259 e. The van der Waals surface area contributed by atoms with Crippen molar-refractivity contribution in [3.05, 3.63) is 47.3 Å². The lowest BCUT2D eigenvalue weighted by atomic mass is 10.1. The van der Waals surface area contributed by atoms with Gasteiger partial charge in [0.2, 0.25) is 0 Å². The van der Waals surface area contributed by atoms with Crippen molar-refractivity contribution in [1.29, 1.82) is 0 Å². The summed E-state index contributed by atoms with van der Waals surface area (Å²) in [6.45, 7) is 3.21. The highest BCUT2D eigenvalue weighted by Crippen LogP contribution is 2.25. The maximum absolute atomic E-state index is 12.5. The van der Waals surface area contributed by atoms with Gasteiger partial charge in [-0.05, 0) is 32.4 Å². The number of anilines is 1. The third-order valence-corrected chi connectivity index (χ3v) is 6.12. The van der Waals surface area contributed by atoms with Crippen molar-refractivity contribution in [2.75, 3.05) is 16.8 Å². The number of carbonyl (C=O) groups excluding carboxylic acids is 2. The molecule has 1 fully saturated rings. The molecule has 2 aromatic rings. The number of nitrogens with one attached hydrogen (secondary N) is 1. The molecule has 8 heteroatoms. The Kier molecular flexibility index (Phi) is 4.47. The van der Waals surface area contributed by atoms with Gasteiger partial charge < -0.3 is 5.32 Å². The Morgan fingerprint density at radius 3 is 2.72 bits per heavy atom. The number of carbonyl (C=O) groups is 2. The quantitative estimate of drug-likeness (QED) is 0.840. The van der Waals surface area contributed by atoms with Gasteiger partial charge in [-0.25, -0.2) is 8.42 Å². The van der Waals surface area contributed by atoms with Crippen LogP contribution < -0.4 is 5.32 Å². The monoisotopic (exact) mass is 361 g/mol. The fourth-order valence-electron chi connectivity index (χ4n) is 3.00. The van der Waals surface area contributed by atoms with Crippen LogP contribution in [0, 0.1) is 6.92 Å². The molecular weight excluding hydrogens is 342 g/mol. The van der Waals surface area contributed by atoms with Gasteiger partial charge in [0.05, 0.1) is 29.3 Å². The lowest BCUT2D eigenvalue weighted by Crippen LogP contribution is -2.16. The van der Waals surface area contributed by atoms with Crippen LogP contribution >= 0.6 is 0 Å². The first kappa shape index (κ1) is 17.3. The fourth-order valence-corrected chi connectivity index (χ4v) is 4.69. The van der Waals surface area contributed by atoms with Crippen LogP contribution in [0.3, 0.4) is 0 Å². The third-order valence-electron chi connectivity index (χ3n) is 4.37. The minimum atomic E-state index is -3.03. The largest absolute Gasteiger partial charge is 0.322 e. The summed E-state index contributed by atoms with van der Waals surface area (Å²) >= 11 is 0. The standard InChI is InChI=1S/C17H19N3O4S/c1-11-16(9-18-20(11)15-6-7-25(23,24)10-15)17(22)19-14-5-3-4-13(8-14)12(2)21/h3-5,8-9,15H,6-7,10H2,1-2H3,(H,19,22). The first-order valence-electron chi connectivity index (χ1n) is 7.94. The number of rotatable bonds is 4. The SMILES string of the molecule is CC(=O)c1cccc(NC(=O)c2cnn(C3CCS(=O)(=O)C3)c2C)c1. The smallest absolute Gasteiger partial charge is 0.259 e. The van der Waals surface area contributed by atoms with Crippen molar-refractivity contribution in [2.45, 2.75) is 26.3 Å². The number of Topliss-reactive ketones (excluding diaryl/α,β-unsaturated/α-hetero) is 1. The second-order valence-electron chi connectivity index (χ2n) is 6.24. The molecule has 1 aromatic heterocycles. The van der Waals surface area contributed by atoms with E-state index in [1.807, 2.05) is 0 Å². The highest BCUT2D eigenvalue weighted by molar-refractivity contribution is 7.91. The van der Waals surface area contributed by atoms with Crippen LogP contribution in [-0.4, -0.2) is 41.4 Å². The van der Waals surface area contributed by atoms with Crippen LogP contribution in [0.25, 0.3) is 0 Å². The van der Waals surface area contributed by atoms with Gasteiger partial charge in [-0.15, -0.1) is 0 Å². The van der Waals surface area contributed by atoms with E-state index in [9.17, 15) is 18.0 Å². The number of ketones is 1. The molecule has 0 bridgehead atoms. The summed E-state index contributed by atoms with van der Waals surface area (Å²) in [5.74, 6) is -0.221. The molecule has 0 saturated carbocycles. The molecule has 1 unspecified atom stereocenters. The molecule has 1 aliphatic heterocycles. The molecule has 3 rings (SSSR count). The zero-order chi connectivity index (χ0) is 18.2. The van der Waals surface area contributed by atoms with E-state index < -0.39 is 9.84 Å². The molecular formula is C17H19N3O4S. The average molecular weight is 361 g/mol. The van der Waals surface area contributed by atoms with Gasteiger partial charge in [0.15, 0.2) is 15.6 Å². The van der Waals surface area contributed by atoms with Crippen molar-refractivity contribution in [2.24, 2.45) is 0 Å². The minimum absolute atomic E-state index is 0.0528. The fraction of sp³-hybridized carbons (Fsp3) is 0.353. The number of hydrogen-bond acceptors (Lipinski definition) is 5. The van der Waals surface area contributed by atoms with E-state index in [0.29, 0.717) is 28.9 Å². The van der Waals surface area contributed by atoms with Crippen molar-refractivity contribution in [3.8, 4) is 0 Å². The lowest BCUT2D eigenvalue weighted by molar-refractivity contribution is 0.101. The Morgan fingerprint density at radius 1 is 1.32 bits per heavy atom. The van der Waals surface area contributed by atoms with E-state index >= 15 is 0 Å². The molecule has 0 aliphatic carbocycles. The van der Waals surface area contributed by atoms with Gasteiger partial charge in [0.25, 0.3) is 5.91 Å². The molecule has 7 nitrogen and oxygen atoms in total. The van der Waals surface area contributed by atoms with Gasteiger partial charge in [0, 0.05) is 16.9 Å². The van der Waals surface area contributed by atoms with E-state index in [1.165, 1.54) is 13.1 Å². The van der Waals surface area contributed by atoms with Crippen LogP contribution in [0.4, 0.5) is 5.69 Å². The molecule has 1 aromatic carbocycles. The second-order valence-corrected chi connectivity index (χ2v) is 8.46. The summed E-state index contributed by atoms with van der Waals surface area (Å²) in [4.78, 5) is 23.9. The number of nitrogens with zero attached hydrogens (tertiary/aromatic N) is 2. The Labute approximate surface area is 146 Å². The summed E-state index contributed by atoms with van der Waals surface area (Å²) < 4.78 is 24.9. The number of aromatic nitrogens is 2.